The minimum absolute atomic E-state index is 0.710. The number of H-pyrrole nitrogens is 1. The van der Waals surface area contributed by atoms with Crippen LogP contribution in [0.3, 0.4) is 0 Å². The van der Waals surface area contributed by atoms with Gasteiger partial charge in [-0.05, 0) is 55.8 Å². The van der Waals surface area contributed by atoms with Crippen LogP contribution in [0, 0.1) is 23.7 Å². The number of nitrogens with zero attached hydrogens (tertiary/aromatic N) is 3. The van der Waals surface area contributed by atoms with Crippen molar-refractivity contribution in [3.8, 4) is 0 Å². The van der Waals surface area contributed by atoms with Crippen LogP contribution in [0.2, 0.25) is 0 Å². The van der Waals surface area contributed by atoms with Crippen molar-refractivity contribution in [2.24, 2.45) is 23.7 Å². The highest BCUT2D eigenvalue weighted by Crippen LogP contribution is 2.53. The Bertz CT molecular complexity index is 360. The summed E-state index contributed by atoms with van der Waals surface area (Å²) in [5.74, 6) is 4.71. The van der Waals surface area contributed by atoms with E-state index in [0.29, 0.717) is 6.04 Å². The lowest BCUT2D eigenvalue weighted by molar-refractivity contribution is -0.0144. The molecule has 0 spiro atoms. The molecule has 0 amide bonds. The SMILES string of the molecule is C(NC1C2CC3CC(C2)CC1C3)c1nn[nH]n1. The highest BCUT2D eigenvalue weighted by atomic mass is 15.5. The molecule has 0 saturated heterocycles. The Balaban J connectivity index is 1.44. The van der Waals surface area contributed by atoms with Crippen molar-refractivity contribution in [2.45, 2.75) is 44.7 Å². The van der Waals surface area contributed by atoms with E-state index in [1.165, 1.54) is 32.1 Å². The first-order valence-electron chi connectivity index (χ1n) is 6.84. The van der Waals surface area contributed by atoms with Crippen LogP contribution in [0.1, 0.15) is 37.9 Å². The first-order valence-corrected chi connectivity index (χ1v) is 6.84. The Hall–Kier alpha value is -0.970. The number of hydrogen-bond acceptors (Lipinski definition) is 4. The Morgan fingerprint density at radius 1 is 1.06 bits per heavy atom. The van der Waals surface area contributed by atoms with Crippen molar-refractivity contribution in [1.29, 1.82) is 0 Å². The molecule has 0 atom stereocenters. The van der Waals surface area contributed by atoms with Gasteiger partial charge in [0.25, 0.3) is 0 Å². The largest absolute Gasteiger partial charge is 0.306 e. The van der Waals surface area contributed by atoms with Gasteiger partial charge < -0.3 is 5.32 Å². The Morgan fingerprint density at radius 3 is 2.35 bits per heavy atom. The molecule has 4 aliphatic rings. The average molecular weight is 233 g/mol. The van der Waals surface area contributed by atoms with Crippen LogP contribution in [0.5, 0.6) is 0 Å². The topological polar surface area (TPSA) is 66.5 Å². The van der Waals surface area contributed by atoms with Gasteiger partial charge in [-0.25, -0.2) is 0 Å². The molecule has 0 aliphatic heterocycles. The number of aromatic nitrogens is 4. The molecule has 4 bridgehead atoms. The van der Waals surface area contributed by atoms with Gasteiger partial charge in [0.05, 0.1) is 6.54 Å². The monoisotopic (exact) mass is 233 g/mol. The van der Waals surface area contributed by atoms with Gasteiger partial charge in [0.2, 0.25) is 0 Å². The van der Waals surface area contributed by atoms with Crippen molar-refractivity contribution in [2.75, 3.05) is 0 Å². The summed E-state index contributed by atoms with van der Waals surface area (Å²) in [6.45, 7) is 0.767. The fourth-order valence-corrected chi connectivity index (χ4v) is 4.73. The molecule has 5 rings (SSSR count). The summed E-state index contributed by atoms with van der Waals surface area (Å²) >= 11 is 0. The summed E-state index contributed by atoms with van der Waals surface area (Å²) in [6, 6.07) is 0.710. The second-order valence-electron chi connectivity index (χ2n) is 6.17. The molecule has 1 aromatic rings. The molecule has 4 saturated carbocycles. The summed E-state index contributed by atoms with van der Waals surface area (Å²) in [4.78, 5) is 0. The summed E-state index contributed by atoms with van der Waals surface area (Å²) in [7, 11) is 0. The third kappa shape index (κ3) is 1.68. The molecule has 17 heavy (non-hydrogen) atoms. The Kier molecular flexibility index (Phi) is 2.21. The van der Waals surface area contributed by atoms with Crippen LogP contribution in [0.25, 0.3) is 0 Å². The van der Waals surface area contributed by atoms with E-state index in [9.17, 15) is 0 Å². The molecular formula is C12H19N5. The number of rotatable bonds is 3. The van der Waals surface area contributed by atoms with Crippen molar-refractivity contribution < 1.29 is 0 Å². The van der Waals surface area contributed by atoms with Crippen LogP contribution < -0.4 is 5.32 Å². The van der Waals surface area contributed by atoms with Gasteiger partial charge in [-0.2, -0.15) is 5.21 Å². The van der Waals surface area contributed by atoms with Crippen LogP contribution in [0.4, 0.5) is 0 Å². The first-order chi connectivity index (χ1) is 8.38. The van der Waals surface area contributed by atoms with E-state index < -0.39 is 0 Å². The highest BCUT2D eigenvalue weighted by molar-refractivity contribution is 5.01. The predicted octanol–water partition coefficient (Wildman–Crippen LogP) is 1.11. The normalized spacial score (nSPS) is 43.2. The zero-order valence-electron chi connectivity index (χ0n) is 9.97. The van der Waals surface area contributed by atoms with Gasteiger partial charge >= 0.3 is 0 Å². The van der Waals surface area contributed by atoms with Gasteiger partial charge in [-0.3, -0.25) is 0 Å². The Labute approximate surface area is 101 Å². The molecule has 5 heteroatoms. The lowest BCUT2D eigenvalue weighted by Gasteiger charge is -2.54. The average Bonchev–Trinajstić information content (AvgIpc) is 2.80. The minimum Gasteiger partial charge on any atom is -0.306 e. The summed E-state index contributed by atoms with van der Waals surface area (Å²) < 4.78 is 0. The molecule has 4 aliphatic carbocycles. The third-order valence-corrected chi connectivity index (χ3v) is 5.11. The van der Waals surface area contributed by atoms with E-state index in [4.69, 9.17) is 0 Å². The molecule has 1 aromatic heterocycles. The molecule has 92 valence electrons. The van der Waals surface area contributed by atoms with Crippen LogP contribution in [-0.4, -0.2) is 26.7 Å². The molecule has 2 N–H and O–H groups in total. The maximum Gasteiger partial charge on any atom is 0.188 e. The second-order valence-corrected chi connectivity index (χ2v) is 6.17. The van der Waals surface area contributed by atoms with Gasteiger partial charge in [-0.15, -0.1) is 10.2 Å². The highest BCUT2D eigenvalue weighted by Gasteiger charge is 2.47. The quantitative estimate of drug-likeness (QED) is 0.821. The second kappa shape index (κ2) is 3.77. The third-order valence-electron chi connectivity index (χ3n) is 5.11. The molecule has 0 aromatic carbocycles. The first kappa shape index (κ1) is 10.00. The maximum atomic E-state index is 4.01. The Morgan fingerprint density at radius 2 is 1.76 bits per heavy atom. The van der Waals surface area contributed by atoms with Gasteiger partial charge in [-0.1, -0.05) is 5.21 Å². The zero-order valence-corrected chi connectivity index (χ0v) is 9.97. The zero-order chi connectivity index (χ0) is 11.2. The lowest BCUT2D eigenvalue weighted by atomic mass is 9.54. The van der Waals surface area contributed by atoms with E-state index in [1.54, 1.807) is 0 Å². The minimum atomic E-state index is 0.710. The maximum absolute atomic E-state index is 4.01. The molecular weight excluding hydrogens is 214 g/mol. The van der Waals surface area contributed by atoms with E-state index in [-0.39, 0.29) is 0 Å². The fourth-order valence-electron chi connectivity index (χ4n) is 4.73. The van der Waals surface area contributed by atoms with Gasteiger partial charge in [0.15, 0.2) is 5.82 Å². The molecule has 1 heterocycles. The predicted molar refractivity (Wildman–Crippen MR) is 61.9 cm³/mol. The molecule has 0 radical (unpaired) electrons. The smallest absolute Gasteiger partial charge is 0.188 e. The molecule has 5 nitrogen and oxygen atoms in total. The summed E-state index contributed by atoms with van der Waals surface area (Å²) in [5, 5.41) is 17.8. The van der Waals surface area contributed by atoms with E-state index in [2.05, 4.69) is 25.9 Å². The van der Waals surface area contributed by atoms with Crippen LogP contribution in [0.15, 0.2) is 0 Å². The van der Waals surface area contributed by atoms with E-state index in [0.717, 1.165) is 36.0 Å². The summed E-state index contributed by atoms with van der Waals surface area (Å²) in [5.41, 5.74) is 0. The van der Waals surface area contributed by atoms with Crippen molar-refractivity contribution in [1.82, 2.24) is 25.9 Å². The van der Waals surface area contributed by atoms with E-state index >= 15 is 0 Å². The van der Waals surface area contributed by atoms with Crippen molar-refractivity contribution in [3.05, 3.63) is 5.82 Å². The number of hydrogen-bond donors (Lipinski definition) is 2. The van der Waals surface area contributed by atoms with Gasteiger partial charge in [0.1, 0.15) is 0 Å². The number of tetrazole rings is 1. The fraction of sp³-hybridized carbons (Fsp3) is 0.917. The number of aromatic amines is 1. The summed E-state index contributed by atoms with van der Waals surface area (Å²) in [6.07, 6.45) is 7.34. The lowest BCUT2D eigenvalue weighted by Crippen LogP contribution is -2.54. The van der Waals surface area contributed by atoms with Gasteiger partial charge in [0, 0.05) is 6.04 Å². The van der Waals surface area contributed by atoms with Crippen molar-refractivity contribution in [3.63, 3.8) is 0 Å². The van der Waals surface area contributed by atoms with Crippen molar-refractivity contribution >= 4 is 0 Å². The van der Waals surface area contributed by atoms with E-state index in [1.807, 2.05) is 0 Å². The number of nitrogens with one attached hydrogen (secondary N) is 2. The van der Waals surface area contributed by atoms with Crippen LogP contribution >= 0.6 is 0 Å². The molecule has 0 unspecified atom stereocenters. The standard InChI is InChI=1S/C12H19N5/c1-7-2-9-4-8(1)5-10(3-7)12(9)13-6-11-14-16-17-15-11/h7-10,12-13H,1-6H2,(H,14,15,16,17). The molecule has 4 fully saturated rings. The van der Waals surface area contributed by atoms with Crippen LogP contribution in [-0.2, 0) is 6.54 Å².